The third-order valence-electron chi connectivity index (χ3n) is 3.57. The van der Waals surface area contributed by atoms with Gasteiger partial charge < -0.3 is 4.74 Å². The molecule has 1 amide bonds. The molecule has 0 saturated heterocycles. The second kappa shape index (κ2) is 9.30. The van der Waals surface area contributed by atoms with Gasteiger partial charge in [-0.3, -0.25) is 14.9 Å². The molecule has 0 aliphatic heterocycles. The van der Waals surface area contributed by atoms with E-state index in [1.54, 1.807) is 11.6 Å². The zero-order valence-corrected chi connectivity index (χ0v) is 18.2. The van der Waals surface area contributed by atoms with Gasteiger partial charge in [0.2, 0.25) is 5.13 Å². The lowest BCUT2D eigenvalue weighted by Crippen LogP contribution is -2.13. The average molecular weight is 482 g/mol. The number of ether oxygens (including phenoxy) is 1. The number of thioether (sulfide) groups is 1. The number of carbonyl (C=O) groups excluding carboxylic acids is 2. The molecule has 8 nitrogen and oxygen atoms in total. The minimum Gasteiger partial charge on any atom is -0.465 e. The van der Waals surface area contributed by atoms with E-state index in [0.717, 1.165) is 10.2 Å². The summed E-state index contributed by atoms with van der Waals surface area (Å²) in [5.74, 6) is -0.488. The highest BCUT2D eigenvalue weighted by Gasteiger charge is 2.17. The summed E-state index contributed by atoms with van der Waals surface area (Å²) in [5, 5.41) is 15.3. The number of halogens is 1. The van der Waals surface area contributed by atoms with Crippen molar-refractivity contribution < 1.29 is 14.3 Å². The summed E-state index contributed by atoms with van der Waals surface area (Å²) in [6, 6.07) is 7.63. The summed E-state index contributed by atoms with van der Waals surface area (Å²) in [6.45, 7) is 3.91. The molecule has 146 valence electrons. The SMILES string of the molecule is CCOC(=O)CSc1nnc(NC(=O)c2cnn(-c3ccc(Br)cc3)c2C)s1. The maximum Gasteiger partial charge on any atom is 0.316 e. The van der Waals surface area contributed by atoms with Crippen molar-refractivity contribution in [2.75, 3.05) is 17.7 Å². The molecule has 2 aromatic heterocycles. The molecule has 0 spiro atoms. The van der Waals surface area contributed by atoms with Crippen molar-refractivity contribution in [3.8, 4) is 5.69 Å². The predicted octanol–water partition coefficient (Wildman–Crippen LogP) is 3.70. The van der Waals surface area contributed by atoms with E-state index in [2.05, 4.69) is 36.5 Å². The monoisotopic (exact) mass is 481 g/mol. The molecule has 0 unspecified atom stereocenters. The third-order valence-corrected chi connectivity index (χ3v) is 6.05. The van der Waals surface area contributed by atoms with Gasteiger partial charge in [-0.15, -0.1) is 10.2 Å². The average Bonchev–Trinajstić information content (AvgIpc) is 3.27. The van der Waals surface area contributed by atoms with Crippen LogP contribution < -0.4 is 5.32 Å². The number of aromatic nitrogens is 4. The number of anilines is 1. The normalized spacial score (nSPS) is 10.7. The molecule has 1 aromatic carbocycles. The number of nitrogens with zero attached hydrogens (tertiary/aromatic N) is 4. The zero-order valence-electron chi connectivity index (χ0n) is 15.0. The first-order valence-electron chi connectivity index (χ1n) is 8.21. The highest BCUT2D eigenvalue weighted by Crippen LogP contribution is 2.26. The lowest BCUT2D eigenvalue weighted by molar-refractivity contribution is -0.139. The van der Waals surface area contributed by atoms with Gasteiger partial charge in [0, 0.05) is 4.47 Å². The minimum absolute atomic E-state index is 0.148. The van der Waals surface area contributed by atoms with Crippen molar-refractivity contribution in [2.24, 2.45) is 0 Å². The molecule has 0 bridgehead atoms. The first kappa shape index (κ1) is 20.5. The lowest BCUT2D eigenvalue weighted by atomic mass is 10.2. The van der Waals surface area contributed by atoms with Gasteiger partial charge in [-0.05, 0) is 38.1 Å². The van der Waals surface area contributed by atoms with Gasteiger partial charge >= 0.3 is 5.97 Å². The largest absolute Gasteiger partial charge is 0.465 e. The topological polar surface area (TPSA) is 99.0 Å². The third kappa shape index (κ3) is 4.97. The number of amides is 1. The smallest absolute Gasteiger partial charge is 0.316 e. The van der Waals surface area contributed by atoms with E-state index >= 15 is 0 Å². The summed E-state index contributed by atoms with van der Waals surface area (Å²) in [5.41, 5.74) is 2.01. The van der Waals surface area contributed by atoms with Crippen LogP contribution >= 0.6 is 39.0 Å². The summed E-state index contributed by atoms with van der Waals surface area (Å²) in [6.07, 6.45) is 1.52. The van der Waals surface area contributed by atoms with E-state index in [1.807, 2.05) is 31.2 Å². The summed E-state index contributed by atoms with van der Waals surface area (Å²) in [7, 11) is 0. The standard InChI is InChI=1S/C17H16BrN5O3S2/c1-3-26-14(24)9-27-17-22-21-16(28-17)20-15(25)13-8-19-23(10(13)2)12-6-4-11(18)5-7-12/h4-8H,3,9H2,1-2H3,(H,20,21,25). The van der Waals surface area contributed by atoms with Crippen LogP contribution in [0.5, 0.6) is 0 Å². The Bertz CT molecular complexity index is 987. The van der Waals surface area contributed by atoms with Crippen LogP contribution in [0.1, 0.15) is 23.0 Å². The second-order valence-electron chi connectivity index (χ2n) is 5.45. The zero-order chi connectivity index (χ0) is 20.1. The van der Waals surface area contributed by atoms with E-state index in [0.29, 0.717) is 27.3 Å². The van der Waals surface area contributed by atoms with Crippen LogP contribution in [0, 0.1) is 6.92 Å². The fourth-order valence-electron chi connectivity index (χ4n) is 2.28. The van der Waals surface area contributed by atoms with Crippen molar-refractivity contribution in [1.82, 2.24) is 20.0 Å². The molecule has 3 aromatic rings. The number of hydrogen-bond acceptors (Lipinski definition) is 8. The first-order valence-corrected chi connectivity index (χ1v) is 10.8. The number of hydrogen-bond donors (Lipinski definition) is 1. The Labute approximate surface area is 177 Å². The van der Waals surface area contributed by atoms with E-state index < -0.39 is 0 Å². The van der Waals surface area contributed by atoms with Crippen LogP contribution in [0.15, 0.2) is 39.3 Å². The molecule has 28 heavy (non-hydrogen) atoms. The molecule has 3 rings (SSSR count). The van der Waals surface area contributed by atoms with Gasteiger partial charge in [0.1, 0.15) is 0 Å². The number of benzene rings is 1. The number of nitrogens with one attached hydrogen (secondary N) is 1. The van der Waals surface area contributed by atoms with Gasteiger partial charge in [-0.25, -0.2) is 4.68 Å². The molecule has 0 fully saturated rings. The summed E-state index contributed by atoms with van der Waals surface area (Å²) >= 11 is 5.81. The molecule has 0 aliphatic rings. The van der Waals surface area contributed by atoms with Crippen LogP contribution in [0.2, 0.25) is 0 Å². The summed E-state index contributed by atoms with van der Waals surface area (Å²) in [4.78, 5) is 24.0. The molecule has 2 heterocycles. The summed E-state index contributed by atoms with van der Waals surface area (Å²) < 4.78 is 8.10. The van der Waals surface area contributed by atoms with Gasteiger partial charge in [0.15, 0.2) is 4.34 Å². The van der Waals surface area contributed by atoms with Gasteiger partial charge in [-0.1, -0.05) is 39.0 Å². The maximum absolute atomic E-state index is 12.6. The van der Waals surface area contributed by atoms with Crippen LogP contribution in [0.4, 0.5) is 5.13 Å². The van der Waals surface area contributed by atoms with Crippen LogP contribution in [0.25, 0.3) is 5.69 Å². The molecule has 0 atom stereocenters. The molecule has 0 radical (unpaired) electrons. The van der Waals surface area contributed by atoms with Gasteiger partial charge in [0.25, 0.3) is 5.91 Å². The van der Waals surface area contributed by atoms with E-state index in [-0.39, 0.29) is 17.6 Å². The molecule has 11 heteroatoms. The fourth-order valence-corrected chi connectivity index (χ4v) is 4.09. The Hall–Kier alpha value is -2.24. The Kier molecular flexibility index (Phi) is 6.81. The van der Waals surface area contributed by atoms with Gasteiger partial charge in [0.05, 0.1) is 35.5 Å². The van der Waals surface area contributed by atoms with Crippen LogP contribution in [0.3, 0.4) is 0 Å². The molecular formula is C17H16BrN5O3S2. The van der Waals surface area contributed by atoms with Crippen molar-refractivity contribution in [1.29, 1.82) is 0 Å². The number of carbonyl (C=O) groups is 2. The van der Waals surface area contributed by atoms with Gasteiger partial charge in [-0.2, -0.15) is 5.10 Å². The molecule has 1 N–H and O–H groups in total. The maximum atomic E-state index is 12.6. The highest BCUT2D eigenvalue weighted by atomic mass is 79.9. The quantitative estimate of drug-likeness (QED) is 0.312. The minimum atomic E-state index is -0.320. The Balaban J connectivity index is 1.66. The second-order valence-corrected chi connectivity index (χ2v) is 8.57. The fraction of sp³-hybridized carbons (Fsp3) is 0.235. The predicted molar refractivity (Wildman–Crippen MR) is 111 cm³/mol. The van der Waals surface area contributed by atoms with Crippen molar-refractivity contribution in [3.63, 3.8) is 0 Å². The van der Waals surface area contributed by atoms with Crippen LogP contribution in [-0.2, 0) is 9.53 Å². The van der Waals surface area contributed by atoms with E-state index in [4.69, 9.17) is 4.74 Å². The Morgan fingerprint density at radius 1 is 1.29 bits per heavy atom. The van der Waals surface area contributed by atoms with E-state index in [9.17, 15) is 9.59 Å². The molecule has 0 aliphatic carbocycles. The number of esters is 1. The first-order chi connectivity index (χ1) is 13.5. The highest BCUT2D eigenvalue weighted by molar-refractivity contribution is 9.10. The van der Waals surface area contributed by atoms with Crippen molar-refractivity contribution in [3.05, 3.63) is 46.2 Å². The Morgan fingerprint density at radius 2 is 2.04 bits per heavy atom. The van der Waals surface area contributed by atoms with E-state index in [1.165, 1.54) is 29.3 Å². The van der Waals surface area contributed by atoms with Crippen LogP contribution in [-0.4, -0.2) is 44.2 Å². The lowest BCUT2D eigenvalue weighted by Gasteiger charge is -2.05. The van der Waals surface area contributed by atoms with Crippen molar-refractivity contribution >= 4 is 56.0 Å². The van der Waals surface area contributed by atoms with Crippen molar-refractivity contribution in [2.45, 2.75) is 18.2 Å². The number of rotatable bonds is 7. The molecular weight excluding hydrogens is 466 g/mol. The molecule has 0 saturated carbocycles. The Morgan fingerprint density at radius 3 is 2.75 bits per heavy atom.